The van der Waals surface area contributed by atoms with E-state index in [1.165, 1.54) is 28.6 Å². The zero-order valence-corrected chi connectivity index (χ0v) is 11.5. The first kappa shape index (κ1) is 11.9. The van der Waals surface area contributed by atoms with Crippen LogP contribution in [0.1, 0.15) is 25.3 Å². The molecule has 1 aliphatic rings. The van der Waals surface area contributed by atoms with E-state index in [2.05, 4.69) is 58.3 Å². The van der Waals surface area contributed by atoms with Crippen LogP contribution in [0.3, 0.4) is 0 Å². The monoisotopic (exact) mass is 282 g/mol. The Hall–Kier alpha value is -0.540. The van der Waals surface area contributed by atoms with Crippen LogP contribution in [0.4, 0.5) is 5.69 Å². The van der Waals surface area contributed by atoms with Crippen LogP contribution < -0.4 is 10.2 Å². The van der Waals surface area contributed by atoms with Gasteiger partial charge >= 0.3 is 0 Å². The molecule has 3 heteroatoms. The molecule has 2 rings (SSSR count). The fraction of sp³-hybridized carbons (Fsp3) is 0.538. The van der Waals surface area contributed by atoms with Crippen LogP contribution in [-0.2, 0) is 6.54 Å². The Morgan fingerprint density at radius 2 is 2.19 bits per heavy atom. The lowest BCUT2D eigenvalue weighted by molar-refractivity contribution is 0.686. The largest absolute Gasteiger partial charge is 0.375 e. The first-order chi connectivity index (χ1) is 7.70. The van der Waals surface area contributed by atoms with Crippen molar-refractivity contribution >= 4 is 21.6 Å². The van der Waals surface area contributed by atoms with Gasteiger partial charge in [0.15, 0.2) is 0 Å². The Labute approximate surface area is 106 Å². The fourth-order valence-electron chi connectivity index (χ4n) is 1.64. The summed E-state index contributed by atoms with van der Waals surface area (Å²) in [6.07, 6.45) is 2.68. The molecule has 0 atom stereocenters. The third-order valence-electron chi connectivity index (χ3n) is 3.11. The van der Waals surface area contributed by atoms with E-state index in [0.29, 0.717) is 0 Å². The van der Waals surface area contributed by atoms with Crippen LogP contribution in [0, 0.1) is 0 Å². The zero-order valence-electron chi connectivity index (χ0n) is 9.96. The van der Waals surface area contributed by atoms with E-state index >= 15 is 0 Å². The lowest BCUT2D eigenvalue weighted by Gasteiger charge is -2.18. The molecule has 0 saturated heterocycles. The molecule has 0 aliphatic heterocycles. The van der Waals surface area contributed by atoms with Crippen molar-refractivity contribution in [2.45, 2.75) is 32.4 Å². The molecule has 16 heavy (non-hydrogen) atoms. The average Bonchev–Trinajstić information content (AvgIpc) is 3.10. The zero-order chi connectivity index (χ0) is 11.5. The van der Waals surface area contributed by atoms with Gasteiger partial charge in [-0.05, 0) is 37.5 Å². The Morgan fingerprint density at radius 1 is 1.44 bits per heavy atom. The maximum atomic E-state index is 3.65. The second kappa shape index (κ2) is 5.19. The molecule has 1 aliphatic carbocycles. The van der Waals surface area contributed by atoms with Gasteiger partial charge in [0.25, 0.3) is 0 Å². The highest BCUT2D eigenvalue weighted by molar-refractivity contribution is 9.10. The molecule has 1 N–H and O–H groups in total. The van der Waals surface area contributed by atoms with Crippen LogP contribution in [0.15, 0.2) is 22.7 Å². The van der Waals surface area contributed by atoms with E-state index < -0.39 is 0 Å². The highest BCUT2D eigenvalue weighted by Gasteiger charge is 2.20. The second-order valence-electron chi connectivity index (χ2n) is 4.45. The highest BCUT2D eigenvalue weighted by atomic mass is 79.9. The number of hydrogen-bond donors (Lipinski definition) is 1. The van der Waals surface area contributed by atoms with Crippen LogP contribution in [-0.4, -0.2) is 19.6 Å². The van der Waals surface area contributed by atoms with Crippen molar-refractivity contribution in [3.8, 4) is 0 Å². The molecule has 1 saturated carbocycles. The Bertz CT molecular complexity index is 361. The number of halogens is 1. The number of hydrogen-bond acceptors (Lipinski definition) is 2. The van der Waals surface area contributed by atoms with Gasteiger partial charge in [0.05, 0.1) is 0 Å². The van der Waals surface area contributed by atoms with Gasteiger partial charge in [0.1, 0.15) is 0 Å². The van der Waals surface area contributed by atoms with Gasteiger partial charge in [-0.25, -0.2) is 0 Å². The molecule has 0 radical (unpaired) electrons. The molecule has 0 heterocycles. The maximum absolute atomic E-state index is 3.65. The summed E-state index contributed by atoms with van der Waals surface area (Å²) in [6.45, 7) is 4.17. The molecule has 0 bridgehead atoms. The minimum absolute atomic E-state index is 0.768. The predicted octanol–water partition coefficient (Wildman–Crippen LogP) is 3.16. The van der Waals surface area contributed by atoms with Crippen molar-refractivity contribution in [2.75, 3.05) is 18.5 Å². The summed E-state index contributed by atoms with van der Waals surface area (Å²) in [5.74, 6) is 0. The van der Waals surface area contributed by atoms with Crippen molar-refractivity contribution in [3.63, 3.8) is 0 Å². The quantitative estimate of drug-likeness (QED) is 0.893. The minimum Gasteiger partial charge on any atom is -0.375 e. The van der Waals surface area contributed by atoms with Gasteiger partial charge in [-0.3, -0.25) is 0 Å². The van der Waals surface area contributed by atoms with E-state index in [0.717, 1.165) is 19.1 Å². The van der Waals surface area contributed by atoms with Gasteiger partial charge in [-0.1, -0.05) is 22.0 Å². The Balaban J connectivity index is 2.02. The lowest BCUT2D eigenvalue weighted by Crippen LogP contribution is -2.17. The molecular formula is C13H19BrN2. The van der Waals surface area contributed by atoms with Crippen molar-refractivity contribution in [1.82, 2.24) is 5.32 Å². The number of nitrogens with one attached hydrogen (secondary N) is 1. The van der Waals surface area contributed by atoms with Crippen molar-refractivity contribution in [3.05, 3.63) is 28.2 Å². The highest BCUT2D eigenvalue weighted by Crippen LogP contribution is 2.25. The van der Waals surface area contributed by atoms with Gasteiger partial charge < -0.3 is 10.2 Å². The van der Waals surface area contributed by atoms with E-state index in [1.807, 2.05) is 0 Å². The van der Waals surface area contributed by atoms with Crippen LogP contribution in [0.25, 0.3) is 0 Å². The lowest BCUT2D eigenvalue weighted by atomic mass is 10.2. The van der Waals surface area contributed by atoms with Crippen molar-refractivity contribution in [1.29, 1.82) is 0 Å². The third-order valence-corrected chi connectivity index (χ3v) is 3.85. The van der Waals surface area contributed by atoms with Gasteiger partial charge in [-0.15, -0.1) is 0 Å². The Morgan fingerprint density at radius 3 is 2.75 bits per heavy atom. The Kier molecular flexibility index (Phi) is 3.87. The molecule has 1 fully saturated rings. The maximum Gasteiger partial charge on any atom is 0.0375 e. The first-order valence-electron chi connectivity index (χ1n) is 5.93. The van der Waals surface area contributed by atoms with Gasteiger partial charge in [0, 0.05) is 36.3 Å². The number of nitrogens with zero attached hydrogens (tertiary/aromatic N) is 1. The fourth-order valence-corrected chi connectivity index (χ4v) is 2.15. The SMILES string of the molecule is CCN(C)c1ccc(CNC2CC2)c(Br)c1. The summed E-state index contributed by atoms with van der Waals surface area (Å²) in [5, 5.41) is 3.53. The second-order valence-corrected chi connectivity index (χ2v) is 5.30. The summed E-state index contributed by atoms with van der Waals surface area (Å²) in [5.41, 5.74) is 2.62. The van der Waals surface area contributed by atoms with E-state index in [9.17, 15) is 0 Å². The van der Waals surface area contributed by atoms with Crippen LogP contribution >= 0.6 is 15.9 Å². The third kappa shape index (κ3) is 2.98. The van der Waals surface area contributed by atoms with Crippen molar-refractivity contribution in [2.24, 2.45) is 0 Å². The normalized spacial score (nSPS) is 15.2. The summed E-state index contributed by atoms with van der Waals surface area (Å²) < 4.78 is 1.21. The molecule has 88 valence electrons. The average molecular weight is 283 g/mol. The standard InChI is InChI=1S/C13H19BrN2/c1-3-16(2)12-7-4-10(13(14)8-12)9-15-11-5-6-11/h4,7-8,11,15H,3,5-6,9H2,1-2H3. The molecular weight excluding hydrogens is 264 g/mol. The van der Waals surface area contributed by atoms with Crippen LogP contribution in [0.5, 0.6) is 0 Å². The molecule has 0 aromatic heterocycles. The smallest absolute Gasteiger partial charge is 0.0375 e. The van der Waals surface area contributed by atoms with Gasteiger partial charge in [-0.2, -0.15) is 0 Å². The summed E-state index contributed by atoms with van der Waals surface area (Å²) >= 11 is 3.65. The number of rotatable bonds is 5. The van der Waals surface area contributed by atoms with Crippen molar-refractivity contribution < 1.29 is 0 Å². The van der Waals surface area contributed by atoms with Gasteiger partial charge in [0.2, 0.25) is 0 Å². The first-order valence-corrected chi connectivity index (χ1v) is 6.73. The molecule has 0 spiro atoms. The van der Waals surface area contributed by atoms with Crippen LogP contribution in [0.2, 0.25) is 0 Å². The summed E-state index contributed by atoms with van der Waals surface area (Å²) in [6, 6.07) is 7.37. The minimum atomic E-state index is 0.768. The number of anilines is 1. The van der Waals surface area contributed by atoms with E-state index in [-0.39, 0.29) is 0 Å². The molecule has 2 nitrogen and oxygen atoms in total. The summed E-state index contributed by atoms with van der Waals surface area (Å²) in [7, 11) is 2.11. The number of benzene rings is 1. The molecule has 0 amide bonds. The molecule has 0 unspecified atom stereocenters. The summed E-state index contributed by atoms with van der Waals surface area (Å²) in [4.78, 5) is 2.24. The molecule has 1 aromatic carbocycles. The predicted molar refractivity (Wildman–Crippen MR) is 72.9 cm³/mol. The van der Waals surface area contributed by atoms with E-state index in [1.54, 1.807) is 0 Å². The molecule has 1 aromatic rings. The topological polar surface area (TPSA) is 15.3 Å². The van der Waals surface area contributed by atoms with E-state index in [4.69, 9.17) is 0 Å².